The molecule has 1 saturated heterocycles. The van der Waals surface area contributed by atoms with E-state index in [1.807, 2.05) is 0 Å². The number of aliphatic hydroxyl groups excluding tert-OH is 2. The molecule has 2 N–H and O–H groups in total. The van der Waals surface area contributed by atoms with Crippen molar-refractivity contribution in [2.45, 2.75) is 49.6 Å². The molecule has 0 bridgehead atoms. The van der Waals surface area contributed by atoms with Gasteiger partial charge >= 0.3 is 0 Å². The van der Waals surface area contributed by atoms with Gasteiger partial charge in [0.15, 0.2) is 6.29 Å². The molecule has 4 heteroatoms. The summed E-state index contributed by atoms with van der Waals surface area (Å²) in [6.45, 7) is 6.84. The largest absolute Gasteiger partial charge is 0.387 e. The van der Waals surface area contributed by atoms with Gasteiger partial charge in [-0.3, -0.25) is 0 Å². The lowest BCUT2D eigenvalue weighted by Crippen LogP contribution is -2.44. The van der Waals surface area contributed by atoms with Crippen molar-refractivity contribution in [1.82, 2.24) is 0 Å². The van der Waals surface area contributed by atoms with E-state index < -0.39 is 12.4 Å². The summed E-state index contributed by atoms with van der Waals surface area (Å²) in [4.78, 5) is 0. The summed E-state index contributed by atoms with van der Waals surface area (Å²) >= 11 is 1.70. The van der Waals surface area contributed by atoms with E-state index in [1.165, 1.54) is 0 Å². The van der Waals surface area contributed by atoms with Gasteiger partial charge in [0.05, 0.1) is 6.61 Å². The van der Waals surface area contributed by atoms with E-state index in [0.717, 1.165) is 6.42 Å². The molecule has 78 valence electrons. The fraction of sp³-hybridized carbons (Fsp3) is 1.00. The number of hydrogen-bond donors (Lipinski definition) is 2. The van der Waals surface area contributed by atoms with Crippen LogP contribution in [0, 0.1) is 0 Å². The van der Waals surface area contributed by atoms with Crippen molar-refractivity contribution in [1.29, 1.82) is 0 Å². The predicted octanol–water partition coefficient (Wildman–Crippen LogP) is 0.986. The van der Waals surface area contributed by atoms with E-state index in [4.69, 9.17) is 4.74 Å². The van der Waals surface area contributed by atoms with Crippen LogP contribution in [0.25, 0.3) is 0 Å². The van der Waals surface area contributed by atoms with Gasteiger partial charge in [0, 0.05) is 10.00 Å². The van der Waals surface area contributed by atoms with Gasteiger partial charge in [-0.2, -0.15) is 0 Å². The molecule has 0 aromatic rings. The summed E-state index contributed by atoms with van der Waals surface area (Å²) in [5.74, 6) is 0. The first-order chi connectivity index (χ1) is 5.90. The Balaban J connectivity index is 2.49. The Kier molecular flexibility index (Phi) is 3.63. The Morgan fingerprint density at radius 1 is 1.31 bits per heavy atom. The van der Waals surface area contributed by atoms with Crippen LogP contribution in [0.15, 0.2) is 0 Å². The highest BCUT2D eigenvalue weighted by atomic mass is 32.2. The lowest BCUT2D eigenvalue weighted by Gasteiger charge is -2.35. The third kappa shape index (κ3) is 3.46. The summed E-state index contributed by atoms with van der Waals surface area (Å²) in [6, 6.07) is 0. The van der Waals surface area contributed by atoms with Gasteiger partial charge in [-0.15, -0.1) is 11.8 Å². The molecule has 0 aliphatic carbocycles. The fourth-order valence-corrected chi connectivity index (χ4v) is 2.74. The van der Waals surface area contributed by atoms with E-state index in [9.17, 15) is 10.2 Å². The summed E-state index contributed by atoms with van der Waals surface area (Å²) in [5, 5.41) is 19.0. The van der Waals surface area contributed by atoms with E-state index in [0.29, 0.717) is 6.61 Å². The van der Waals surface area contributed by atoms with Gasteiger partial charge in [-0.05, 0) is 6.42 Å². The molecular weight excluding hydrogens is 188 g/mol. The molecule has 0 amide bonds. The smallest absolute Gasteiger partial charge is 0.181 e. The van der Waals surface area contributed by atoms with E-state index in [2.05, 4.69) is 20.8 Å². The van der Waals surface area contributed by atoms with Crippen molar-refractivity contribution in [2.75, 3.05) is 6.61 Å². The lowest BCUT2D eigenvalue weighted by atomic mass is 10.1. The zero-order valence-corrected chi connectivity index (χ0v) is 9.17. The Labute approximate surface area is 83.5 Å². The van der Waals surface area contributed by atoms with Gasteiger partial charge < -0.3 is 14.9 Å². The number of ether oxygens (including phenoxy) is 1. The molecule has 1 heterocycles. The second-order valence-corrected chi connectivity index (χ2v) is 6.38. The first-order valence-corrected chi connectivity index (χ1v) is 5.44. The maximum Gasteiger partial charge on any atom is 0.181 e. The number of thioether (sulfide) groups is 1. The molecule has 0 aromatic carbocycles. The minimum absolute atomic E-state index is 0.0868. The third-order valence-corrected chi connectivity index (χ3v) is 3.39. The van der Waals surface area contributed by atoms with Crippen LogP contribution < -0.4 is 0 Å². The predicted molar refractivity (Wildman–Crippen MR) is 53.7 cm³/mol. The van der Waals surface area contributed by atoms with Crippen LogP contribution in [0.5, 0.6) is 0 Å². The van der Waals surface area contributed by atoms with Crippen LogP contribution in [-0.4, -0.2) is 39.2 Å². The van der Waals surface area contributed by atoms with Crippen LogP contribution in [0.2, 0.25) is 0 Å². The van der Waals surface area contributed by atoms with E-state index in [1.54, 1.807) is 11.8 Å². The second-order valence-electron chi connectivity index (χ2n) is 4.31. The normalized spacial score (nSPS) is 36.2. The highest BCUT2D eigenvalue weighted by Crippen LogP contribution is 2.34. The molecule has 3 atom stereocenters. The monoisotopic (exact) mass is 206 g/mol. The van der Waals surface area contributed by atoms with Crippen molar-refractivity contribution in [2.24, 2.45) is 0 Å². The Morgan fingerprint density at radius 2 is 1.92 bits per heavy atom. The van der Waals surface area contributed by atoms with E-state index >= 15 is 0 Å². The van der Waals surface area contributed by atoms with Crippen LogP contribution in [-0.2, 0) is 4.74 Å². The Hall–Kier alpha value is 0.230. The molecule has 1 aliphatic heterocycles. The third-order valence-electron chi connectivity index (χ3n) is 1.87. The second kappa shape index (κ2) is 4.17. The molecule has 0 unspecified atom stereocenters. The highest BCUT2D eigenvalue weighted by Gasteiger charge is 2.34. The summed E-state index contributed by atoms with van der Waals surface area (Å²) in [7, 11) is 0. The first-order valence-electron chi connectivity index (χ1n) is 4.56. The van der Waals surface area contributed by atoms with E-state index in [-0.39, 0.29) is 10.00 Å². The Bertz CT molecular complexity index is 167. The average molecular weight is 206 g/mol. The van der Waals surface area contributed by atoms with Crippen LogP contribution in [0.3, 0.4) is 0 Å². The quantitative estimate of drug-likeness (QED) is 0.671. The topological polar surface area (TPSA) is 49.7 Å². The number of aliphatic hydroxyl groups is 2. The van der Waals surface area contributed by atoms with Crippen LogP contribution in [0.1, 0.15) is 27.2 Å². The number of hydrogen-bond acceptors (Lipinski definition) is 4. The first kappa shape index (κ1) is 11.3. The summed E-state index contributed by atoms with van der Waals surface area (Å²) in [5.41, 5.74) is 0. The maximum absolute atomic E-state index is 9.60. The van der Waals surface area contributed by atoms with Crippen LogP contribution in [0.4, 0.5) is 0 Å². The fourth-order valence-electron chi connectivity index (χ4n) is 1.34. The maximum atomic E-state index is 9.60. The summed E-state index contributed by atoms with van der Waals surface area (Å²) < 4.78 is 5.04. The average Bonchev–Trinajstić information content (AvgIpc) is 1.96. The zero-order chi connectivity index (χ0) is 10.1. The van der Waals surface area contributed by atoms with Gasteiger partial charge in [-0.25, -0.2) is 0 Å². The van der Waals surface area contributed by atoms with Crippen molar-refractivity contribution in [3.05, 3.63) is 0 Å². The Morgan fingerprint density at radius 3 is 2.46 bits per heavy atom. The molecule has 0 radical (unpaired) electrons. The molecule has 1 aliphatic rings. The molecule has 0 spiro atoms. The van der Waals surface area contributed by atoms with Gasteiger partial charge in [0.1, 0.15) is 6.10 Å². The number of rotatable bonds is 1. The molecule has 0 aromatic heterocycles. The SMILES string of the molecule is CC(C)(C)S[C@H]1CCO[C@@H](O)[C@@H]1O. The minimum atomic E-state index is -1.01. The van der Waals surface area contributed by atoms with Gasteiger partial charge in [0.25, 0.3) is 0 Å². The van der Waals surface area contributed by atoms with Crippen molar-refractivity contribution < 1.29 is 14.9 Å². The van der Waals surface area contributed by atoms with Crippen molar-refractivity contribution >= 4 is 11.8 Å². The molecular formula is C9H18O3S. The van der Waals surface area contributed by atoms with Crippen molar-refractivity contribution in [3.8, 4) is 0 Å². The molecule has 1 rings (SSSR count). The standard InChI is InChI=1S/C9H18O3S/c1-9(2,3)13-6-4-5-12-8(11)7(6)10/h6-8,10-11H,4-5H2,1-3H3/t6-,7+,8+/m0/s1. The highest BCUT2D eigenvalue weighted by molar-refractivity contribution is 8.01. The van der Waals surface area contributed by atoms with Crippen LogP contribution >= 0.6 is 11.8 Å². The summed E-state index contributed by atoms with van der Waals surface area (Å²) in [6.07, 6.45) is -0.952. The molecule has 13 heavy (non-hydrogen) atoms. The molecule has 0 saturated carbocycles. The molecule has 1 fully saturated rings. The minimum Gasteiger partial charge on any atom is -0.387 e. The van der Waals surface area contributed by atoms with Gasteiger partial charge in [-0.1, -0.05) is 20.8 Å². The van der Waals surface area contributed by atoms with Crippen molar-refractivity contribution in [3.63, 3.8) is 0 Å². The van der Waals surface area contributed by atoms with Gasteiger partial charge in [0.2, 0.25) is 0 Å². The zero-order valence-electron chi connectivity index (χ0n) is 8.36. The molecule has 3 nitrogen and oxygen atoms in total. The lowest BCUT2D eigenvalue weighted by molar-refractivity contribution is -0.182.